The normalized spacial score (nSPS) is 12.0. The second-order valence-corrected chi connectivity index (χ2v) is 5.56. The maximum Gasteiger partial charge on any atom is 0.245 e. The Balaban J connectivity index is 1.63. The van der Waals surface area contributed by atoms with Crippen LogP contribution < -0.4 is 5.32 Å². The first-order valence-corrected chi connectivity index (χ1v) is 7.74. The van der Waals surface area contributed by atoms with E-state index >= 15 is 0 Å². The summed E-state index contributed by atoms with van der Waals surface area (Å²) in [5.74, 6) is -0.102. The number of tetrazole rings is 1. The molecule has 0 fully saturated rings. The average Bonchev–Trinajstić information content (AvgIpc) is 3.25. The van der Waals surface area contributed by atoms with Gasteiger partial charge >= 0.3 is 0 Å². The van der Waals surface area contributed by atoms with Crippen molar-refractivity contribution in [2.45, 2.75) is 18.9 Å². The van der Waals surface area contributed by atoms with Gasteiger partial charge in [0.1, 0.15) is 12.4 Å². The van der Waals surface area contributed by atoms with Crippen LogP contribution in [0, 0.1) is 0 Å². The van der Waals surface area contributed by atoms with E-state index < -0.39 is 6.04 Å². The topological polar surface area (TPSA) is 90.5 Å². The third-order valence-corrected chi connectivity index (χ3v) is 3.73. The molecule has 0 saturated carbocycles. The zero-order chi connectivity index (χ0) is 16.8. The van der Waals surface area contributed by atoms with Crippen molar-refractivity contribution in [3.05, 3.63) is 60.2 Å². The first kappa shape index (κ1) is 15.9. The lowest BCUT2D eigenvalue weighted by Gasteiger charge is -2.16. The quantitative estimate of drug-likeness (QED) is 0.685. The fourth-order valence-corrected chi connectivity index (χ4v) is 2.50. The number of aryl methyl sites for hydroxylation is 1. The summed E-state index contributed by atoms with van der Waals surface area (Å²) in [5, 5.41) is 18.2. The standard InChI is InChI=1S/C16H19N7O/c1-22-11-14(10-19-22)7-8-17-16(24)15(23-12-18-20-21-23)9-13-5-3-2-4-6-13/h2-6,10-12,15H,7-9H2,1H3,(H,17,24)/t15-/m0/s1. The fourth-order valence-electron chi connectivity index (χ4n) is 2.50. The molecular formula is C16H19N7O. The lowest BCUT2D eigenvalue weighted by atomic mass is 10.1. The number of hydrogen-bond donors (Lipinski definition) is 1. The van der Waals surface area contributed by atoms with E-state index in [-0.39, 0.29) is 5.91 Å². The minimum Gasteiger partial charge on any atom is -0.354 e. The number of benzene rings is 1. The summed E-state index contributed by atoms with van der Waals surface area (Å²) in [6, 6.07) is 9.35. The number of nitrogens with zero attached hydrogens (tertiary/aromatic N) is 6. The van der Waals surface area contributed by atoms with E-state index in [1.54, 1.807) is 10.9 Å². The van der Waals surface area contributed by atoms with Gasteiger partial charge in [-0.2, -0.15) is 5.10 Å². The van der Waals surface area contributed by atoms with E-state index in [0.717, 1.165) is 17.5 Å². The van der Waals surface area contributed by atoms with Crippen molar-refractivity contribution in [3.8, 4) is 0 Å². The number of carbonyl (C=O) groups is 1. The summed E-state index contributed by atoms with van der Waals surface area (Å²) in [4.78, 5) is 12.6. The van der Waals surface area contributed by atoms with E-state index in [9.17, 15) is 4.79 Å². The zero-order valence-electron chi connectivity index (χ0n) is 13.4. The molecule has 24 heavy (non-hydrogen) atoms. The minimum atomic E-state index is -0.476. The highest BCUT2D eigenvalue weighted by molar-refractivity contribution is 5.80. The van der Waals surface area contributed by atoms with Crippen molar-refractivity contribution in [2.75, 3.05) is 6.54 Å². The molecule has 3 aromatic rings. The SMILES string of the molecule is Cn1cc(CCNC(=O)[C@H](Cc2ccccc2)n2cnnn2)cn1. The van der Waals surface area contributed by atoms with Crippen LogP contribution in [0.15, 0.2) is 49.1 Å². The van der Waals surface area contributed by atoms with Gasteiger partial charge in [-0.3, -0.25) is 9.48 Å². The Morgan fingerprint density at radius 3 is 2.75 bits per heavy atom. The summed E-state index contributed by atoms with van der Waals surface area (Å²) >= 11 is 0. The summed E-state index contributed by atoms with van der Waals surface area (Å²) in [7, 11) is 1.87. The monoisotopic (exact) mass is 325 g/mol. The van der Waals surface area contributed by atoms with Gasteiger partial charge in [-0.25, -0.2) is 4.68 Å². The molecule has 0 saturated heterocycles. The van der Waals surface area contributed by atoms with Crippen molar-refractivity contribution < 1.29 is 4.79 Å². The third-order valence-electron chi connectivity index (χ3n) is 3.73. The highest BCUT2D eigenvalue weighted by Crippen LogP contribution is 2.13. The van der Waals surface area contributed by atoms with Crippen LogP contribution in [0.4, 0.5) is 0 Å². The maximum atomic E-state index is 12.6. The minimum absolute atomic E-state index is 0.102. The summed E-state index contributed by atoms with van der Waals surface area (Å²) in [6.07, 6.45) is 6.47. The predicted octanol–water partition coefficient (Wildman–Crippen LogP) is 0.549. The van der Waals surface area contributed by atoms with Gasteiger partial charge in [0.05, 0.1) is 6.20 Å². The van der Waals surface area contributed by atoms with Crippen molar-refractivity contribution in [2.24, 2.45) is 7.05 Å². The van der Waals surface area contributed by atoms with Crippen LogP contribution in [0.5, 0.6) is 0 Å². The number of nitrogens with one attached hydrogen (secondary N) is 1. The second-order valence-electron chi connectivity index (χ2n) is 5.56. The molecule has 0 aliphatic carbocycles. The molecule has 0 bridgehead atoms. The van der Waals surface area contributed by atoms with Crippen LogP contribution in [0.25, 0.3) is 0 Å². The molecule has 2 aromatic heterocycles. The molecule has 8 nitrogen and oxygen atoms in total. The number of amides is 1. The summed E-state index contributed by atoms with van der Waals surface area (Å²) in [6.45, 7) is 0.540. The maximum absolute atomic E-state index is 12.6. The van der Waals surface area contributed by atoms with Crippen LogP contribution in [-0.2, 0) is 24.7 Å². The van der Waals surface area contributed by atoms with Crippen LogP contribution in [-0.4, -0.2) is 42.4 Å². The molecule has 0 aliphatic heterocycles. The molecule has 124 valence electrons. The van der Waals surface area contributed by atoms with Crippen LogP contribution >= 0.6 is 0 Å². The number of rotatable bonds is 7. The molecule has 1 N–H and O–H groups in total. The van der Waals surface area contributed by atoms with Crippen molar-refractivity contribution in [1.29, 1.82) is 0 Å². The lowest BCUT2D eigenvalue weighted by Crippen LogP contribution is -2.35. The van der Waals surface area contributed by atoms with E-state index in [2.05, 4.69) is 25.9 Å². The molecule has 2 heterocycles. The number of aromatic nitrogens is 6. The van der Waals surface area contributed by atoms with Crippen LogP contribution in [0.2, 0.25) is 0 Å². The van der Waals surface area contributed by atoms with Crippen molar-refractivity contribution in [3.63, 3.8) is 0 Å². The average molecular weight is 325 g/mol. The highest BCUT2D eigenvalue weighted by atomic mass is 16.2. The Labute approximate surface area is 139 Å². The fraction of sp³-hybridized carbons (Fsp3) is 0.312. The van der Waals surface area contributed by atoms with Crippen LogP contribution in [0.1, 0.15) is 17.2 Å². The Morgan fingerprint density at radius 2 is 2.08 bits per heavy atom. The molecule has 1 amide bonds. The van der Waals surface area contributed by atoms with Gasteiger partial charge < -0.3 is 5.32 Å². The van der Waals surface area contributed by atoms with Gasteiger partial charge in [-0.05, 0) is 28.0 Å². The van der Waals surface area contributed by atoms with E-state index in [4.69, 9.17) is 0 Å². The molecule has 1 aromatic carbocycles. The first-order valence-electron chi connectivity index (χ1n) is 7.74. The molecule has 0 unspecified atom stereocenters. The largest absolute Gasteiger partial charge is 0.354 e. The van der Waals surface area contributed by atoms with E-state index in [0.29, 0.717) is 13.0 Å². The van der Waals surface area contributed by atoms with Crippen LogP contribution in [0.3, 0.4) is 0 Å². The van der Waals surface area contributed by atoms with Gasteiger partial charge in [0.2, 0.25) is 5.91 Å². The van der Waals surface area contributed by atoms with Crippen molar-refractivity contribution >= 4 is 5.91 Å². The van der Waals surface area contributed by atoms with E-state index in [1.165, 1.54) is 11.0 Å². The molecule has 8 heteroatoms. The Bertz CT molecular complexity index is 767. The third kappa shape index (κ3) is 4.03. The molecule has 0 radical (unpaired) electrons. The second kappa shape index (κ2) is 7.49. The smallest absolute Gasteiger partial charge is 0.245 e. The Hall–Kier alpha value is -3.03. The zero-order valence-corrected chi connectivity index (χ0v) is 13.4. The van der Waals surface area contributed by atoms with Crippen molar-refractivity contribution in [1.82, 2.24) is 35.3 Å². The molecule has 3 rings (SSSR count). The summed E-state index contributed by atoms with van der Waals surface area (Å²) in [5.41, 5.74) is 2.14. The number of hydrogen-bond acceptors (Lipinski definition) is 5. The number of carbonyl (C=O) groups excluding carboxylic acids is 1. The molecule has 0 aliphatic rings. The van der Waals surface area contributed by atoms with Gasteiger partial charge in [0.15, 0.2) is 0 Å². The Kier molecular flexibility index (Phi) is 4.95. The van der Waals surface area contributed by atoms with Gasteiger partial charge in [-0.1, -0.05) is 30.3 Å². The molecule has 1 atom stereocenters. The predicted molar refractivity (Wildman–Crippen MR) is 86.9 cm³/mol. The van der Waals surface area contributed by atoms with E-state index in [1.807, 2.05) is 43.6 Å². The van der Waals surface area contributed by atoms with Gasteiger partial charge in [-0.15, -0.1) is 5.10 Å². The van der Waals surface area contributed by atoms with Gasteiger partial charge in [0, 0.05) is 26.2 Å². The molecule has 0 spiro atoms. The Morgan fingerprint density at radius 1 is 1.25 bits per heavy atom. The highest BCUT2D eigenvalue weighted by Gasteiger charge is 2.21. The molecular weight excluding hydrogens is 306 g/mol. The summed E-state index contributed by atoms with van der Waals surface area (Å²) < 4.78 is 3.24. The van der Waals surface area contributed by atoms with Gasteiger partial charge in [0.25, 0.3) is 0 Å². The lowest BCUT2D eigenvalue weighted by molar-refractivity contribution is -0.124. The first-order chi connectivity index (χ1) is 11.7.